The topological polar surface area (TPSA) is 66.4 Å². The Hall–Kier alpha value is -0.330. The van der Waals surface area contributed by atoms with Crippen LogP contribution in [0.15, 0.2) is 18.2 Å². The smallest absolute Gasteiger partial charge is 0.216 e. The van der Waals surface area contributed by atoms with Crippen molar-refractivity contribution in [2.75, 3.05) is 6.61 Å². The largest absolute Gasteiger partial charge is 0.396 e. The molecule has 0 aromatic heterocycles. The molecule has 1 aromatic rings. The molecule has 0 saturated heterocycles. The zero-order valence-corrected chi connectivity index (χ0v) is 12.9. The van der Waals surface area contributed by atoms with Gasteiger partial charge in [-0.1, -0.05) is 23.2 Å². The van der Waals surface area contributed by atoms with Gasteiger partial charge in [0.25, 0.3) is 0 Å². The van der Waals surface area contributed by atoms with E-state index < -0.39 is 10.0 Å². The summed E-state index contributed by atoms with van der Waals surface area (Å²) in [5.74, 6) is -0.170. The number of nitrogens with one attached hydrogen (secondary N) is 1. The zero-order valence-electron chi connectivity index (χ0n) is 10.6. The fraction of sp³-hybridized carbons (Fsp3) is 0.500. The average Bonchev–Trinajstić information content (AvgIpc) is 2.23. The quantitative estimate of drug-likeness (QED) is 0.809. The summed E-state index contributed by atoms with van der Waals surface area (Å²) in [7, 11) is -3.45. The van der Waals surface area contributed by atoms with Crippen molar-refractivity contribution in [1.29, 1.82) is 0 Å². The Morgan fingerprint density at radius 2 is 1.84 bits per heavy atom. The lowest BCUT2D eigenvalue weighted by Gasteiger charge is -2.13. The lowest BCUT2D eigenvalue weighted by molar-refractivity contribution is 0.279. The van der Waals surface area contributed by atoms with Crippen LogP contribution < -0.4 is 4.72 Å². The van der Waals surface area contributed by atoms with Crippen LogP contribution >= 0.6 is 23.2 Å². The Morgan fingerprint density at radius 1 is 1.26 bits per heavy atom. The summed E-state index contributed by atoms with van der Waals surface area (Å²) in [6, 6.07) is 4.49. The maximum absolute atomic E-state index is 11.9. The highest BCUT2D eigenvalue weighted by molar-refractivity contribution is 7.88. The molecular weight excluding hydrogens is 309 g/mol. The summed E-state index contributed by atoms with van der Waals surface area (Å²) in [5, 5.41) is 9.52. The van der Waals surface area contributed by atoms with E-state index in [1.807, 2.05) is 0 Å². The molecule has 7 heteroatoms. The third kappa shape index (κ3) is 6.58. The minimum atomic E-state index is -3.45. The lowest BCUT2D eigenvalue weighted by Crippen LogP contribution is -2.33. The third-order valence-electron chi connectivity index (χ3n) is 2.46. The standard InChI is InChI=1S/C12H17Cl2NO3S/c1-9(3-2-4-16)15-19(17,18)8-10-5-11(13)7-12(14)6-10/h5-7,9,15-16H,2-4,8H2,1H3. The molecule has 1 aromatic carbocycles. The molecule has 0 heterocycles. The van der Waals surface area contributed by atoms with Crippen molar-refractivity contribution < 1.29 is 13.5 Å². The molecule has 0 bridgehead atoms. The van der Waals surface area contributed by atoms with Crippen LogP contribution in [-0.4, -0.2) is 26.2 Å². The minimum absolute atomic E-state index is 0.0516. The highest BCUT2D eigenvalue weighted by Gasteiger charge is 2.15. The van der Waals surface area contributed by atoms with Crippen LogP contribution in [0.1, 0.15) is 25.3 Å². The normalized spacial score (nSPS) is 13.5. The second kappa shape index (κ2) is 7.45. The number of sulfonamides is 1. The third-order valence-corrected chi connectivity index (χ3v) is 4.37. The Labute approximate surface area is 123 Å². The van der Waals surface area contributed by atoms with Crippen molar-refractivity contribution in [2.45, 2.75) is 31.6 Å². The predicted octanol–water partition coefficient (Wildman–Crippen LogP) is 2.57. The van der Waals surface area contributed by atoms with E-state index in [-0.39, 0.29) is 18.4 Å². The second-order valence-corrected chi connectivity index (χ2v) is 7.05. The van der Waals surface area contributed by atoms with Gasteiger partial charge in [-0.3, -0.25) is 0 Å². The van der Waals surface area contributed by atoms with Gasteiger partial charge < -0.3 is 5.11 Å². The van der Waals surface area contributed by atoms with Crippen molar-refractivity contribution in [2.24, 2.45) is 0 Å². The summed E-state index contributed by atoms with van der Waals surface area (Å²) >= 11 is 11.7. The van der Waals surface area contributed by atoms with E-state index in [0.29, 0.717) is 28.5 Å². The first kappa shape index (κ1) is 16.7. The predicted molar refractivity (Wildman–Crippen MR) is 78.0 cm³/mol. The van der Waals surface area contributed by atoms with Gasteiger partial charge in [0.2, 0.25) is 10.0 Å². The van der Waals surface area contributed by atoms with Gasteiger partial charge in [-0.25, -0.2) is 13.1 Å². The van der Waals surface area contributed by atoms with Crippen LogP contribution in [0.5, 0.6) is 0 Å². The van der Waals surface area contributed by atoms with E-state index in [4.69, 9.17) is 28.3 Å². The van der Waals surface area contributed by atoms with Crippen LogP contribution in [0.2, 0.25) is 10.0 Å². The monoisotopic (exact) mass is 325 g/mol. The second-order valence-electron chi connectivity index (χ2n) is 4.42. The fourth-order valence-electron chi connectivity index (χ4n) is 1.72. The minimum Gasteiger partial charge on any atom is -0.396 e. The van der Waals surface area contributed by atoms with Gasteiger partial charge in [-0.05, 0) is 43.5 Å². The number of hydrogen-bond acceptors (Lipinski definition) is 3. The molecule has 19 heavy (non-hydrogen) atoms. The van der Waals surface area contributed by atoms with Gasteiger partial charge in [0.05, 0.1) is 5.75 Å². The molecule has 0 radical (unpaired) electrons. The first-order valence-electron chi connectivity index (χ1n) is 5.88. The molecule has 0 aliphatic carbocycles. The van der Waals surface area contributed by atoms with Crippen LogP contribution in [-0.2, 0) is 15.8 Å². The molecule has 0 aliphatic heterocycles. The summed E-state index contributed by atoms with van der Waals surface area (Å²) in [6.07, 6.45) is 1.15. The maximum atomic E-state index is 11.9. The average molecular weight is 326 g/mol. The molecule has 0 spiro atoms. The van der Waals surface area contributed by atoms with Gasteiger partial charge in [0.1, 0.15) is 0 Å². The summed E-state index contributed by atoms with van der Waals surface area (Å²) in [5.41, 5.74) is 0.541. The number of aliphatic hydroxyl groups excluding tert-OH is 1. The molecule has 1 unspecified atom stereocenters. The Bertz CT molecular complexity index is 499. The summed E-state index contributed by atoms with van der Waals surface area (Å²) in [4.78, 5) is 0. The lowest BCUT2D eigenvalue weighted by atomic mass is 10.2. The SMILES string of the molecule is CC(CCCO)NS(=O)(=O)Cc1cc(Cl)cc(Cl)c1. The molecule has 1 atom stereocenters. The molecule has 1 rings (SSSR count). The van der Waals surface area contributed by atoms with E-state index in [9.17, 15) is 8.42 Å². The van der Waals surface area contributed by atoms with Crippen molar-refractivity contribution in [1.82, 2.24) is 4.72 Å². The van der Waals surface area contributed by atoms with Crippen molar-refractivity contribution in [3.63, 3.8) is 0 Å². The molecular formula is C12H17Cl2NO3S. The maximum Gasteiger partial charge on any atom is 0.216 e. The van der Waals surface area contributed by atoms with E-state index in [0.717, 1.165) is 0 Å². The van der Waals surface area contributed by atoms with Crippen LogP contribution in [0.25, 0.3) is 0 Å². The van der Waals surface area contributed by atoms with E-state index >= 15 is 0 Å². The van der Waals surface area contributed by atoms with Crippen molar-refractivity contribution in [3.8, 4) is 0 Å². The van der Waals surface area contributed by atoms with Crippen LogP contribution in [0, 0.1) is 0 Å². The van der Waals surface area contributed by atoms with Crippen LogP contribution in [0.3, 0.4) is 0 Å². The number of halogens is 2. The fourth-order valence-corrected chi connectivity index (χ4v) is 3.71. The van der Waals surface area contributed by atoms with E-state index in [2.05, 4.69) is 4.72 Å². The molecule has 108 valence electrons. The molecule has 0 amide bonds. The Kier molecular flexibility index (Phi) is 6.56. The van der Waals surface area contributed by atoms with Crippen molar-refractivity contribution in [3.05, 3.63) is 33.8 Å². The molecule has 2 N–H and O–H groups in total. The zero-order chi connectivity index (χ0) is 14.5. The van der Waals surface area contributed by atoms with E-state index in [1.54, 1.807) is 25.1 Å². The van der Waals surface area contributed by atoms with Gasteiger partial charge in [-0.15, -0.1) is 0 Å². The van der Waals surface area contributed by atoms with Gasteiger partial charge in [0, 0.05) is 22.7 Å². The Morgan fingerprint density at radius 3 is 2.37 bits per heavy atom. The molecule has 0 saturated carbocycles. The molecule has 4 nitrogen and oxygen atoms in total. The van der Waals surface area contributed by atoms with Gasteiger partial charge in [-0.2, -0.15) is 0 Å². The first-order valence-corrected chi connectivity index (χ1v) is 8.29. The number of benzene rings is 1. The summed E-state index contributed by atoms with van der Waals surface area (Å²) in [6.45, 7) is 1.81. The first-order chi connectivity index (χ1) is 8.82. The van der Waals surface area contributed by atoms with Gasteiger partial charge >= 0.3 is 0 Å². The Balaban J connectivity index is 2.68. The number of aliphatic hydroxyl groups is 1. The van der Waals surface area contributed by atoms with Crippen LogP contribution in [0.4, 0.5) is 0 Å². The van der Waals surface area contributed by atoms with Crippen molar-refractivity contribution >= 4 is 33.2 Å². The highest BCUT2D eigenvalue weighted by atomic mass is 35.5. The molecule has 0 fully saturated rings. The number of hydrogen-bond donors (Lipinski definition) is 2. The summed E-state index contributed by atoms with van der Waals surface area (Å²) < 4.78 is 26.4. The van der Waals surface area contributed by atoms with E-state index in [1.165, 1.54) is 0 Å². The molecule has 0 aliphatic rings. The van der Waals surface area contributed by atoms with Gasteiger partial charge in [0.15, 0.2) is 0 Å². The highest BCUT2D eigenvalue weighted by Crippen LogP contribution is 2.20. The number of rotatable bonds is 7.